The summed E-state index contributed by atoms with van der Waals surface area (Å²) in [5.41, 5.74) is 2.97. The van der Waals surface area contributed by atoms with Crippen molar-refractivity contribution in [1.29, 1.82) is 0 Å². The van der Waals surface area contributed by atoms with Gasteiger partial charge in [0.15, 0.2) is 5.76 Å². The molecule has 1 aromatic heterocycles. The number of methoxy groups -OCH3 is 1. The van der Waals surface area contributed by atoms with Crippen molar-refractivity contribution in [3.05, 3.63) is 40.6 Å². The summed E-state index contributed by atoms with van der Waals surface area (Å²) >= 11 is 5.86. The first-order chi connectivity index (χ1) is 8.26. The van der Waals surface area contributed by atoms with E-state index in [9.17, 15) is 0 Å². The zero-order valence-electron chi connectivity index (χ0n) is 9.87. The van der Waals surface area contributed by atoms with Gasteiger partial charge in [-0.15, -0.1) is 0 Å². The molecule has 3 nitrogen and oxygen atoms in total. The van der Waals surface area contributed by atoms with Crippen molar-refractivity contribution in [2.24, 2.45) is 0 Å². The molecule has 0 saturated heterocycles. The van der Waals surface area contributed by atoms with E-state index in [2.05, 4.69) is 12.1 Å². The normalized spacial score (nSPS) is 10.8. The lowest BCUT2D eigenvalue weighted by Crippen LogP contribution is -1.91. The maximum absolute atomic E-state index is 5.86. The Labute approximate surface area is 105 Å². The Kier molecular flexibility index (Phi) is 3.82. The van der Waals surface area contributed by atoms with Gasteiger partial charge in [-0.2, -0.15) is 0 Å². The second-order valence-corrected chi connectivity index (χ2v) is 4.16. The lowest BCUT2D eigenvalue weighted by Gasteiger charge is -2.01. The van der Waals surface area contributed by atoms with Gasteiger partial charge in [-0.3, -0.25) is 0 Å². The summed E-state index contributed by atoms with van der Waals surface area (Å²) in [6.45, 7) is 2.52. The molecule has 0 fully saturated rings. The van der Waals surface area contributed by atoms with E-state index in [4.69, 9.17) is 20.9 Å². The standard InChI is InChI=1S/C13H14ClNO2/c1-3-11-12(8-16-2)17-15-13(11)9-4-6-10(14)7-5-9/h4-7H,3,8H2,1-2H3. The van der Waals surface area contributed by atoms with Crippen molar-refractivity contribution in [3.63, 3.8) is 0 Å². The molecule has 2 aromatic rings. The van der Waals surface area contributed by atoms with E-state index in [-0.39, 0.29) is 0 Å². The molecule has 0 saturated carbocycles. The largest absolute Gasteiger partial charge is 0.377 e. The van der Waals surface area contributed by atoms with Crippen LogP contribution < -0.4 is 0 Å². The summed E-state index contributed by atoms with van der Waals surface area (Å²) < 4.78 is 10.4. The van der Waals surface area contributed by atoms with Crippen LogP contribution in [0.4, 0.5) is 0 Å². The Morgan fingerprint density at radius 1 is 1.29 bits per heavy atom. The maximum atomic E-state index is 5.86. The first-order valence-corrected chi connectivity index (χ1v) is 5.86. The quantitative estimate of drug-likeness (QED) is 0.831. The molecule has 90 valence electrons. The van der Waals surface area contributed by atoms with Gasteiger partial charge < -0.3 is 9.26 Å². The lowest BCUT2D eigenvalue weighted by molar-refractivity contribution is 0.155. The second-order valence-electron chi connectivity index (χ2n) is 3.73. The number of hydrogen-bond donors (Lipinski definition) is 0. The zero-order valence-corrected chi connectivity index (χ0v) is 10.6. The molecule has 0 radical (unpaired) electrons. The summed E-state index contributed by atoms with van der Waals surface area (Å²) in [4.78, 5) is 0. The molecule has 0 spiro atoms. The number of halogens is 1. The molecular formula is C13H14ClNO2. The summed E-state index contributed by atoms with van der Waals surface area (Å²) in [5.74, 6) is 0.792. The van der Waals surface area contributed by atoms with Gasteiger partial charge in [-0.05, 0) is 18.6 Å². The number of benzene rings is 1. The molecule has 0 aliphatic heterocycles. The van der Waals surface area contributed by atoms with E-state index in [1.165, 1.54) is 0 Å². The Morgan fingerprint density at radius 3 is 2.59 bits per heavy atom. The highest BCUT2D eigenvalue weighted by molar-refractivity contribution is 6.30. The Bertz CT molecular complexity index is 491. The number of hydrogen-bond acceptors (Lipinski definition) is 3. The molecule has 0 aliphatic rings. The van der Waals surface area contributed by atoms with Gasteiger partial charge >= 0.3 is 0 Å². The highest BCUT2D eigenvalue weighted by Crippen LogP contribution is 2.27. The first kappa shape index (κ1) is 12.1. The topological polar surface area (TPSA) is 35.3 Å². The summed E-state index contributed by atoms with van der Waals surface area (Å²) in [6, 6.07) is 7.58. The molecule has 0 atom stereocenters. The molecule has 0 unspecified atom stereocenters. The molecule has 4 heteroatoms. The molecular weight excluding hydrogens is 238 g/mol. The number of rotatable bonds is 4. The summed E-state index contributed by atoms with van der Waals surface area (Å²) in [6.07, 6.45) is 0.861. The Hall–Kier alpha value is -1.32. The molecule has 0 amide bonds. The molecule has 0 N–H and O–H groups in total. The maximum Gasteiger partial charge on any atom is 0.166 e. The second kappa shape index (κ2) is 5.34. The average Bonchev–Trinajstić information content (AvgIpc) is 2.73. The predicted molar refractivity (Wildman–Crippen MR) is 67.0 cm³/mol. The molecule has 1 heterocycles. The molecule has 0 bridgehead atoms. The van der Waals surface area contributed by atoms with Gasteiger partial charge in [0, 0.05) is 23.3 Å². The van der Waals surface area contributed by atoms with Crippen molar-refractivity contribution < 1.29 is 9.26 Å². The van der Waals surface area contributed by atoms with Gasteiger partial charge in [0.2, 0.25) is 0 Å². The third-order valence-electron chi connectivity index (χ3n) is 2.62. The smallest absolute Gasteiger partial charge is 0.166 e. The van der Waals surface area contributed by atoms with Crippen LogP contribution in [-0.4, -0.2) is 12.3 Å². The van der Waals surface area contributed by atoms with Crippen LogP contribution >= 0.6 is 11.6 Å². The van der Waals surface area contributed by atoms with Crippen LogP contribution in [0.15, 0.2) is 28.8 Å². The van der Waals surface area contributed by atoms with E-state index in [1.54, 1.807) is 7.11 Å². The van der Waals surface area contributed by atoms with E-state index >= 15 is 0 Å². The lowest BCUT2D eigenvalue weighted by atomic mass is 10.0. The minimum absolute atomic E-state index is 0.448. The minimum atomic E-state index is 0.448. The first-order valence-electron chi connectivity index (χ1n) is 5.48. The van der Waals surface area contributed by atoms with Gasteiger partial charge in [0.25, 0.3) is 0 Å². The van der Waals surface area contributed by atoms with Crippen LogP contribution in [0.25, 0.3) is 11.3 Å². The van der Waals surface area contributed by atoms with Crippen LogP contribution in [0.3, 0.4) is 0 Å². The summed E-state index contributed by atoms with van der Waals surface area (Å²) in [5, 5.41) is 4.82. The zero-order chi connectivity index (χ0) is 12.3. The number of ether oxygens (including phenoxy) is 1. The van der Waals surface area contributed by atoms with Gasteiger partial charge in [0.1, 0.15) is 12.3 Å². The van der Waals surface area contributed by atoms with E-state index < -0.39 is 0 Å². The third-order valence-corrected chi connectivity index (χ3v) is 2.87. The summed E-state index contributed by atoms with van der Waals surface area (Å²) in [7, 11) is 1.64. The van der Waals surface area contributed by atoms with Crippen LogP contribution in [0.5, 0.6) is 0 Å². The fraction of sp³-hybridized carbons (Fsp3) is 0.308. The van der Waals surface area contributed by atoms with Gasteiger partial charge in [-0.1, -0.05) is 35.8 Å². The van der Waals surface area contributed by atoms with E-state index in [1.807, 2.05) is 24.3 Å². The monoisotopic (exact) mass is 251 g/mol. The fourth-order valence-corrected chi connectivity index (χ4v) is 1.91. The van der Waals surface area contributed by atoms with Crippen LogP contribution in [0, 0.1) is 0 Å². The number of nitrogens with zero attached hydrogens (tertiary/aromatic N) is 1. The van der Waals surface area contributed by atoms with Gasteiger partial charge in [-0.25, -0.2) is 0 Å². The molecule has 2 rings (SSSR count). The van der Waals surface area contributed by atoms with Gasteiger partial charge in [0.05, 0.1) is 0 Å². The van der Waals surface area contributed by atoms with Crippen molar-refractivity contribution in [3.8, 4) is 11.3 Å². The molecule has 1 aromatic carbocycles. The fourth-order valence-electron chi connectivity index (χ4n) is 1.79. The van der Waals surface area contributed by atoms with Crippen LogP contribution in [-0.2, 0) is 17.8 Å². The highest BCUT2D eigenvalue weighted by Gasteiger charge is 2.15. The van der Waals surface area contributed by atoms with E-state index in [0.717, 1.165) is 29.0 Å². The third kappa shape index (κ3) is 2.51. The molecule has 0 aliphatic carbocycles. The Morgan fingerprint density at radius 2 is 2.00 bits per heavy atom. The molecule has 17 heavy (non-hydrogen) atoms. The van der Waals surface area contributed by atoms with Crippen molar-refractivity contribution in [2.45, 2.75) is 20.0 Å². The van der Waals surface area contributed by atoms with Crippen LogP contribution in [0.1, 0.15) is 18.2 Å². The minimum Gasteiger partial charge on any atom is -0.377 e. The SMILES string of the molecule is CCc1c(-c2ccc(Cl)cc2)noc1COC. The van der Waals surface area contributed by atoms with Crippen molar-refractivity contribution >= 4 is 11.6 Å². The van der Waals surface area contributed by atoms with Crippen LogP contribution in [0.2, 0.25) is 5.02 Å². The Balaban J connectivity index is 2.41. The predicted octanol–water partition coefficient (Wildman–Crippen LogP) is 3.70. The van der Waals surface area contributed by atoms with Crippen molar-refractivity contribution in [2.75, 3.05) is 7.11 Å². The van der Waals surface area contributed by atoms with E-state index in [0.29, 0.717) is 11.6 Å². The van der Waals surface area contributed by atoms with Crippen molar-refractivity contribution in [1.82, 2.24) is 5.16 Å². The average molecular weight is 252 g/mol. The number of aromatic nitrogens is 1. The highest BCUT2D eigenvalue weighted by atomic mass is 35.5.